The van der Waals surface area contributed by atoms with E-state index in [1.165, 1.54) is 0 Å². The van der Waals surface area contributed by atoms with Crippen LogP contribution in [0, 0.1) is 6.92 Å². The second-order valence-electron chi connectivity index (χ2n) is 4.89. The lowest BCUT2D eigenvalue weighted by molar-refractivity contribution is 0.0610. The lowest BCUT2D eigenvalue weighted by Crippen LogP contribution is -2.42. The molecule has 102 valence electrons. The summed E-state index contributed by atoms with van der Waals surface area (Å²) < 4.78 is 5.61. The summed E-state index contributed by atoms with van der Waals surface area (Å²) in [6.45, 7) is 2.00. The van der Waals surface area contributed by atoms with Gasteiger partial charge in [0.15, 0.2) is 5.60 Å². The molecular formula is C16H14ClNO2. The largest absolute Gasteiger partial charge is 0.431 e. The van der Waals surface area contributed by atoms with Crippen molar-refractivity contribution in [2.45, 2.75) is 12.5 Å². The van der Waals surface area contributed by atoms with Crippen molar-refractivity contribution in [3.63, 3.8) is 0 Å². The third kappa shape index (κ3) is 1.95. The fraction of sp³-hybridized carbons (Fsp3) is 0.188. The van der Waals surface area contributed by atoms with Gasteiger partial charge in [0.05, 0.1) is 11.6 Å². The average Bonchev–Trinajstić information content (AvgIpc) is 2.46. The first-order valence-corrected chi connectivity index (χ1v) is 6.92. The molecule has 1 amide bonds. The van der Waals surface area contributed by atoms with Gasteiger partial charge in [-0.15, -0.1) is 11.6 Å². The van der Waals surface area contributed by atoms with Gasteiger partial charge in [-0.3, -0.25) is 5.32 Å². The SMILES string of the molecule is Cc1cccc([C@]2(CCl)OC(=O)Nc3ccccc32)c1. The Morgan fingerprint density at radius 2 is 2.00 bits per heavy atom. The van der Waals surface area contributed by atoms with E-state index in [0.29, 0.717) is 0 Å². The van der Waals surface area contributed by atoms with Crippen LogP contribution in [-0.4, -0.2) is 12.0 Å². The fourth-order valence-electron chi connectivity index (χ4n) is 2.58. The van der Waals surface area contributed by atoms with Crippen molar-refractivity contribution >= 4 is 23.4 Å². The predicted octanol–water partition coefficient (Wildman–Crippen LogP) is 4.04. The fourth-order valence-corrected chi connectivity index (χ4v) is 2.93. The van der Waals surface area contributed by atoms with E-state index in [-0.39, 0.29) is 5.88 Å². The van der Waals surface area contributed by atoms with Crippen LogP contribution in [0.4, 0.5) is 10.5 Å². The zero-order valence-electron chi connectivity index (χ0n) is 11.0. The van der Waals surface area contributed by atoms with Crippen LogP contribution in [0.25, 0.3) is 0 Å². The highest BCUT2D eigenvalue weighted by Gasteiger charge is 2.43. The number of benzene rings is 2. The van der Waals surface area contributed by atoms with Crippen LogP contribution in [-0.2, 0) is 10.3 Å². The van der Waals surface area contributed by atoms with Crippen LogP contribution in [0.2, 0.25) is 0 Å². The summed E-state index contributed by atoms with van der Waals surface area (Å²) in [6.07, 6.45) is -0.481. The van der Waals surface area contributed by atoms with Crippen molar-refractivity contribution in [3.8, 4) is 0 Å². The van der Waals surface area contributed by atoms with Crippen LogP contribution >= 0.6 is 11.6 Å². The van der Waals surface area contributed by atoms with Crippen LogP contribution in [0.5, 0.6) is 0 Å². The Bertz CT molecular complexity index is 671. The van der Waals surface area contributed by atoms with Crippen LogP contribution in [0.1, 0.15) is 16.7 Å². The molecule has 0 radical (unpaired) electrons. The van der Waals surface area contributed by atoms with Crippen LogP contribution in [0.15, 0.2) is 48.5 Å². The molecule has 1 heterocycles. The number of ether oxygens (including phenoxy) is 1. The minimum atomic E-state index is -0.938. The number of halogens is 1. The summed E-state index contributed by atoms with van der Waals surface area (Å²) in [7, 11) is 0. The Morgan fingerprint density at radius 1 is 1.20 bits per heavy atom. The van der Waals surface area contributed by atoms with E-state index in [0.717, 1.165) is 22.4 Å². The number of carbonyl (C=O) groups excluding carboxylic acids is 1. The van der Waals surface area contributed by atoms with Crippen molar-refractivity contribution in [1.82, 2.24) is 0 Å². The molecule has 20 heavy (non-hydrogen) atoms. The molecule has 0 aliphatic carbocycles. The average molecular weight is 288 g/mol. The molecule has 1 N–H and O–H groups in total. The van der Waals surface area contributed by atoms with Crippen molar-refractivity contribution in [2.24, 2.45) is 0 Å². The number of carbonyl (C=O) groups is 1. The summed E-state index contributed by atoms with van der Waals surface area (Å²) in [6, 6.07) is 15.4. The van der Waals surface area contributed by atoms with E-state index in [4.69, 9.17) is 16.3 Å². The molecule has 0 fully saturated rings. The number of rotatable bonds is 2. The molecular weight excluding hydrogens is 274 g/mol. The van der Waals surface area contributed by atoms with E-state index in [1.807, 2.05) is 55.5 Å². The molecule has 0 unspecified atom stereocenters. The van der Waals surface area contributed by atoms with Crippen molar-refractivity contribution in [3.05, 3.63) is 65.2 Å². The summed E-state index contributed by atoms with van der Waals surface area (Å²) in [4.78, 5) is 11.9. The zero-order valence-corrected chi connectivity index (χ0v) is 11.8. The molecule has 0 bridgehead atoms. The van der Waals surface area contributed by atoms with E-state index in [9.17, 15) is 4.79 Å². The molecule has 0 saturated carbocycles. The minimum absolute atomic E-state index is 0.168. The van der Waals surface area contributed by atoms with Crippen LogP contribution < -0.4 is 5.32 Å². The van der Waals surface area contributed by atoms with Crippen molar-refractivity contribution in [1.29, 1.82) is 0 Å². The number of para-hydroxylation sites is 1. The lowest BCUT2D eigenvalue weighted by atomic mass is 9.85. The Balaban J connectivity index is 2.25. The summed E-state index contributed by atoms with van der Waals surface area (Å²) >= 11 is 6.21. The van der Waals surface area contributed by atoms with Gasteiger partial charge in [-0.1, -0.05) is 48.0 Å². The van der Waals surface area contributed by atoms with Gasteiger partial charge in [0.1, 0.15) is 0 Å². The van der Waals surface area contributed by atoms with Crippen molar-refractivity contribution < 1.29 is 9.53 Å². The maximum absolute atomic E-state index is 11.9. The smallest absolute Gasteiger partial charge is 0.412 e. The first-order valence-electron chi connectivity index (χ1n) is 6.38. The van der Waals surface area contributed by atoms with Crippen LogP contribution in [0.3, 0.4) is 0 Å². The summed E-state index contributed by atoms with van der Waals surface area (Å²) in [5, 5.41) is 2.71. The normalized spacial score (nSPS) is 20.8. The highest BCUT2D eigenvalue weighted by molar-refractivity contribution is 6.19. The predicted molar refractivity (Wildman–Crippen MR) is 79.2 cm³/mol. The van der Waals surface area contributed by atoms with Gasteiger partial charge in [-0.05, 0) is 13.0 Å². The van der Waals surface area contributed by atoms with Gasteiger partial charge in [0.2, 0.25) is 0 Å². The van der Waals surface area contributed by atoms with E-state index >= 15 is 0 Å². The van der Waals surface area contributed by atoms with E-state index < -0.39 is 11.7 Å². The van der Waals surface area contributed by atoms with Gasteiger partial charge >= 0.3 is 6.09 Å². The standard InChI is InChI=1S/C16H14ClNO2/c1-11-5-4-6-12(9-11)16(10-17)13-7-2-3-8-14(13)18-15(19)20-16/h2-9H,10H2,1H3,(H,18,19)/t16-/m0/s1. The van der Waals surface area contributed by atoms with E-state index in [1.54, 1.807) is 0 Å². The number of anilines is 1. The Hall–Kier alpha value is -2.00. The third-order valence-corrected chi connectivity index (χ3v) is 3.91. The van der Waals surface area contributed by atoms with E-state index in [2.05, 4.69) is 5.32 Å². The molecule has 1 atom stereocenters. The zero-order chi connectivity index (χ0) is 14.2. The Labute approximate surface area is 122 Å². The topological polar surface area (TPSA) is 38.3 Å². The first kappa shape index (κ1) is 13.0. The Morgan fingerprint density at radius 3 is 2.75 bits per heavy atom. The van der Waals surface area contributed by atoms with Gasteiger partial charge in [0.25, 0.3) is 0 Å². The van der Waals surface area contributed by atoms with Gasteiger partial charge in [-0.2, -0.15) is 0 Å². The van der Waals surface area contributed by atoms with Crippen molar-refractivity contribution in [2.75, 3.05) is 11.2 Å². The summed E-state index contributed by atoms with van der Waals surface area (Å²) in [5.74, 6) is 0.168. The molecule has 2 aromatic carbocycles. The number of nitrogens with one attached hydrogen (secondary N) is 1. The molecule has 2 aromatic rings. The monoisotopic (exact) mass is 287 g/mol. The number of aryl methyl sites for hydroxylation is 1. The molecule has 3 rings (SSSR count). The molecule has 0 saturated heterocycles. The van der Waals surface area contributed by atoms with Gasteiger partial charge in [0, 0.05) is 11.1 Å². The Kier molecular flexibility index (Phi) is 3.14. The first-order chi connectivity index (χ1) is 9.65. The maximum Gasteiger partial charge on any atom is 0.412 e. The number of fused-ring (bicyclic) bond motifs is 1. The number of hydrogen-bond donors (Lipinski definition) is 1. The molecule has 0 spiro atoms. The third-order valence-electron chi connectivity index (χ3n) is 3.54. The second kappa shape index (κ2) is 4.84. The quantitative estimate of drug-likeness (QED) is 0.847. The molecule has 1 aliphatic rings. The number of cyclic esters (lactones) is 1. The number of hydrogen-bond acceptors (Lipinski definition) is 2. The lowest BCUT2D eigenvalue weighted by Gasteiger charge is -2.37. The maximum atomic E-state index is 11.9. The second-order valence-corrected chi connectivity index (χ2v) is 5.16. The van der Waals surface area contributed by atoms with Gasteiger partial charge < -0.3 is 4.74 Å². The summed E-state index contributed by atoms with van der Waals surface area (Å²) in [5.41, 5.74) is 2.66. The molecule has 3 nitrogen and oxygen atoms in total. The highest BCUT2D eigenvalue weighted by atomic mass is 35.5. The molecule has 1 aliphatic heterocycles. The minimum Gasteiger partial charge on any atom is -0.431 e. The molecule has 4 heteroatoms. The highest BCUT2D eigenvalue weighted by Crippen LogP contribution is 2.42. The number of amides is 1. The number of alkyl halides is 1. The van der Waals surface area contributed by atoms with Gasteiger partial charge in [-0.25, -0.2) is 4.79 Å². The molecule has 0 aromatic heterocycles.